The fourth-order valence-electron chi connectivity index (χ4n) is 1.80. The lowest BCUT2D eigenvalue weighted by molar-refractivity contribution is 0.120. The maximum atomic E-state index is 11.1. The Kier molecular flexibility index (Phi) is 5.96. The lowest BCUT2D eigenvalue weighted by atomic mass is 10.1. The van der Waals surface area contributed by atoms with Crippen LogP contribution in [0.2, 0.25) is 0 Å². The van der Waals surface area contributed by atoms with Gasteiger partial charge >= 0.3 is 12.3 Å². The second kappa shape index (κ2) is 8.38. The summed E-state index contributed by atoms with van der Waals surface area (Å²) in [7, 11) is 2.50. The van der Waals surface area contributed by atoms with Crippen LogP contribution >= 0.6 is 0 Å². The van der Waals surface area contributed by atoms with Gasteiger partial charge in [-0.15, -0.1) is 0 Å². The van der Waals surface area contributed by atoms with E-state index >= 15 is 0 Å². The van der Waals surface area contributed by atoms with E-state index in [-0.39, 0.29) is 0 Å². The fourth-order valence-corrected chi connectivity index (χ4v) is 1.80. The second-order valence-corrected chi connectivity index (χ2v) is 4.59. The summed E-state index contributed by atoms with van der Waals surface area (Å²) in [4.78, 5) is 22.1. The van der Waals surface area contributed by atoms with Crippen molar-refractivity contribution in [1.82, 2.24) is 0 Å². The van der Waals surface area contributed by atoms with E-state index in [9.17, 15) is 9.59 Å². The molecular formula is C18H16O6. The van der Waals surface area contributed by atoms with Gasteiger partial charge in [0.2, 0.25) is 0 Å². The zero-order chi connectivity index (χ0) is 17.4. The highest BCUT2D eigenvalue weighted by Crippen LogP contribution is 2.18. The van der Waals surface area contributed by atoms with E-state index in [1.54, 1.807) is 42.5 Å². The number of rotatable bonds is 4. The van der Waals surface area contributed by atoms with Crippen LogP contribution in [0.1, 0.15) is 11.1 Å². The van der Waals surface area contributed by atoms with E-state index in [1.165, 1.54) is 14.2 Å². The van der Waals surface area contributed by atoms with Crippen LogP contribution in [0.5, 0.6) is 11.5 Å². The molecule has 0 atom stereocenters. The molecule has 0 N–H and O–H groups in total. The summed E-state index contributed by atoms with van der Waals surface area (Å²) in [5, 5.41) is 0. The summed E-state index contributed by atoms with van der Waals surface area (Å²) in [5.74, 6) is 0.790. The normalized spacial score (nSPS) is 10.2. The van der Waals surface area contributed by atoms with Crippen LogP contribution in [-0.4, -0.2) is 26.5 Å². The van der Waals surface area contributed by atoms with Gasteiger partial charge in [0.25, 0.3) is 0 Å². The molecule has 0 aromatic heterocycles. The van der Waals surface area contributed by atoms with Crippen molar-refractivity contribution in [2.75, 3.05) is 14.2 Å². The number of carbonyl (C=O) groups excluding carboxylic acids is 2. The van der Waals surface area contributed by atoms with Crippen LogP contribution < -0.4 is 9.47 Å². The lowest BCUT2D eigenvalue weighted by Crippen LogP contribution is -2.07. The summed E-state index contributed by atoms with van der Waals surface area (Å²) in [6.07, 6.45) is 2.21. The molecule has 0 saturated heterocycles. The highest BCUT2D eigenvalue weighted by Gasteiger charge is 2.04. The van der Waals surface area contributed by atoms with Gasteiger partial charge in [-0.1, -0.05) is 36.4 Å². The first-order valence-electron chi connectivity index (χ1n) is 7.00. The summed E-state index contributed by atoms with van der Waals surface area (Å²) < 4.78 is 18.7. The molecule has 24 heavy (non-hydrogen) atoms. The van der Waals surface area contributed by atoms with Gasteiger partial charge in [-0.05, 0) is 35.4 Å². The molecule has 0 fully saturated rings. The van der Waals surface area contributed by atoms with Crippen LogP contribution in [0.15, 0.2) is 48.5 Å². The van der Waals surface area contributed by atoms with Gasteiger partial charge in [0.15, 0.2) is 0 Å². The van der Waals surface area contributed by atoms with Crippen LogP contribution in [0.3, 0.4) is 0 Å². The lowest BCUT2D eigenvalue weighted by Gasteiger charge is -2.03. The second-order valence-electron chi connectivity index (χ2n) is 4.59. The minimum atomic E-state index is -0.766. The van der Waals surface area contributed by atoms with Gasteiger partial charge in [-0.3, -0.25) is 0 Å². The molecule has 6 heteroatoms. The SMILES string of the molecule is COC(=O)Oc1ccc(/C=C\c2cccc(OC(=O)OC)c2)cc1. The molecule has 0 saturated carbocycles. The number of hydrogen-bond acceptors (Lipinski definition) is 6. The van der Waals surface area contributed by atoms with Crippen LogP contribution in [0, 0.1) is 0 Å². The van der Waals surface area contributed by atoms with Crippen molar-refractivity contribution >= 4 is 24.5 Å². The third-order valence-electron chi connectivity index (χ3n) is 2.94. The molecule has 2 rings (SSSR count). The van der Waals surface area contributed by atoms with Crippen molar-refractivity contribution in [3.8, 4) is 11.5 Å². The summed E-state index contributed by atoms with van der Waals surface area (Å²) in [6, 6.07) is 13.9. The van der Waals surface area contributed by atoms with E-state index in [4.69, 9.17) is 9.47 Å². The number of ether oxygens (including phenoxy) is 4. The standard InChI is InChI=1S/C18H16O6/c1-21-17(19)23-15-10-8-13(9-11-15)6-7-14-4-3-5-16(12-14)24-18(20)22-2/h3-12H,1-2H3/b7-6-. The van der Waals surface area contributed by atoms with Crippen molar-refractivity contribution < 1.29 is 28.5 Å². The number of carbonyl (C=O) groups is 2. The van der Waals surface area contributed by atoms with Gasteiger partial charge < -0.3 is 18.9 Å². The highest BCUT2D eigenvalue weighted by molar-refractivity contribution is 5.71. The molecule has 0 bridgehead atoms. The average molecular weight is 328 g/mol. The van der Waals surface area contributed by atoms with E-state index in [0.29, 0.717) is 11.5 Å². The minimum absolute atomic E-state index is 0.394. The average Bonchev–Trinajstić information content (AvgIpc) is 2.61. The highest BCUT2D eigenvalue weighted by atomic mass is 16.7. The van der Waals surface area contributed by atoms with E-state index in [1.807, 2.05) is 18.2 Å². The van der Waals surface area contributed by atoms with E-state index < -0.39 is 12.3 Å². The quantitative estimate of drug-likeness (QED) is 0.477. The predicted octanol–water partition coefficient (Wildman–Crippen LogP) is 4.15. The molecule has 0 heterocycles. The van der Waals surface area contributed by atoms with Crippen molar-refractivity contribution in [1.29, 1.82) is 0 Å². The summed E-state index contributed by atoms with van der Waals surface area (Å²) >= 11 is 0. The third-order valence-corrected chi connectivity index (χ3v) is 2.94. The smallest absolute Gasteiger partial charge is 0.437 e. The van der Waals surface area contributed by atoms with Crippen molar-refractivity contribution in [2.45, 2.75) is 0 Å². The van der Waals surface area contributed by atoms with Crippen molar-refractivity contribution in [3.05, 3.63) is 59.7 Å². The monoisotopic (exact) mass is 328 g/mol. The Hall–Kier alpha value is -3.28. The molecule has 6 nitrogen and oxygen atoms in total. The van der Waals surface area contributed by atoms with Gasteiger partial charge in [0.1, 0.15) is 11.5 Å². The summed E-state index contributed by atoms with van der Waals surface area (Å²) in [6.45, 7) is 0. The first-order chi connectivity index (χ1) is 11.6. The van der Waals surface area contributed by atoms with Crippen LogP contribution in [0.25, 0.3) is 12.2 Å². The Bertz CT molecular complexity index is 733. The van der Waals surface area contributed by atoms with Gasteiger partial charge in [-0.25, -0.2) is 9.59 Å². The zero-order valence-electron chi connectivity index (χ0n) is 13.2. The van der Waals surface area contributed by atoms with Crippen LogP contribution in [0.4, 0.5) is 9.59 Å². The largest absolute Gasteiger partial charge is 0.513 e. The Labute approximate surface area is 139 Å². The zero-order valence-corrected chi connectivity index (χ0v) is 13.2. The third kappa shape index (κ3) is 5.17. The molecule has 2 aromatic rings. The predicted molar refractivity (Wildman–Crippen MR) is 87.9 cm³/mol. The first-order valence-corrected chi connectivity index (χ1v) is 7.00. The molecule has 0 spiro atoms. The van der Waals surface area contributed by atoms with Gasteiger partial charge in [0, 0.05) is 0 Å². The first kappa shape index (κ1) is 17.1. The van der Waals surface area contributed by atoms with E-state index in [0.717, 1.165) is 11.1 Å². The van der Waals surface area contributed by atoms with Crippen molar-refractivity contribution in [2.24, 2.45) is 0 Å². The molecular weight excluding hydrogens is 312 g/mol. The Morgan fingerprint density at radius 3 is 1.96 bits per heavy atom. The molecule has 0 amide bonds. The molecule has 2 aromatic carbocycles. The van der Waals surface area contributed by atoms with Crippen molar-refractivity contribution in [3.63, 3.8) is 0 Å². The molecule has 0 radical (unpaired) electrons. The number of methoxy groups -OCH3 is 2. The maximum absolute atomic E-state index is 11.1. The number of hydrogen-bond donors (Lipinski definition) is 0. The summed E-state index contributed by atoms with van der Waals surface area (Å²) in [5.41, 5.74) is 1.76. The maximum Gasteiger partial charge on any atom is 0.513 e. The van der Waals surface area contributed by atoms with E-state index in [2.05, 4.69) is 9.47 Å². The molecule has 0 aliphatic rings. The molecule has 0 aliphatic heterocycles. The topological polar surface area (TPSA) is 71.1 Å². The Morgan fingerprint density at radius 1 is 0.750 bits per heavy atom. The Morgan fingerprint density at radius 2 is 1.33 bits per heavy atom. The van der Waals surface area contributed by atoms with Crippen LogP contribution in [-0.2, 0) is 9.47 Å². The van der Waals surface area contributed by atoms with Gasteiger partial charge in [0.05, 0.1) is 14.2 Å². The molecule has 0 unspecified atom stereocenters. The molecule has 0 aliphatic carbocycles. The minimum Gasteiger partial charge on any atom is -0.437 e. The fraction of sp³-hybridized carbons (Fsp3) is 0.111. The van der Waals surface area contributed by atoms with Gasteiger partial charge in [-0.2, -0.15) is 0 Å². The molecule has 124 valence electrons. The number of benzene rings is 2. The Balaban J connectivity index is 2.03.